The van der Waals surface area contributed by atoms with Crippen molar-refractivity contribution in [2.24, 2.45) is 0 Å². The van der Waals surface area contributed by atoms with Crippen LogP contribution in [-0.2, 0) is 9.59 Å². The van der Waals surface area contributed by atoms with Gasteiger partial charge in [-0.15, -0.1) is 0 Å². The monoisotopic (exact) mass is 425 g/mol. The molecule has 2 aromatic carbocycles. The summed E-state index contributed by atoms with van der Waals surface area (Å²) in [7, 11) is 0. The number of ether oxygens (including phenoxy) is 1. The quantitative estimate of drug-likeness (QED) is 0.272. The summed E-state index contributed by atoms with van der Waals surface area (Å²) in [5, 5.41) is 11.0. The van der Waals surface area contributed by atoms with Crippen molar-refractivity contribution in [3.05, 3.63) is 71.0 Å². The smallest absolute Gasteiger partial charge is 0.295 e. The minimum Gasteiger partial charge on any atom is -0.507 e. The lowest BCUT2D eigenvalue weighted by Crippen LogP contribution is -2.30. The topological polar surface area (TPSA) is 66.8 Å². The van der Waals surface area contributed by atoms with Crippen LogP contribution in [0.1, 0.15) is 57.2 Å². The van der Waals surface area contributed by atoms with Gasteiger partial charge in [-0.2, -0.15) is 0 Å². The van der Waals surface area contributed by atoms with Crippen molar-refractivity contribution in [3.8, 4) is 5.75 Å². The fourth-order valence-corrected chi connectivity index (χ4v) is 3.78. The van der Waals surface area contributed by atoms with Crippen LogP contribution >= 0.6 is 0 Å². The number of halogens is 1. The third kappa shape index (κ3) is 4.95. The van der Waals surface area contributed by atoms with E-state index in [0.29, 0.717) is 17.9 Å². The second kappa shape index (κ2) is 9.77. The number of aliphatic hydroxyl groups excluding tert-OH is 1. The number of unbranched alkanes of at least 4 members (excludes halogenated alkanes) is 2. The molecular formula is C25H28FNO4. The van der Waals surface area contributed by atoms with Crippen LogP contribution in [0, 0.1) is 5.82 Å². The molecule has 3 rings (SSSR count). The van der Waals surface area contributed by atoms with Crippen LogP contribution < -0.4 is 4.74 Å². The maximum Gasteiger partial charge on any atom is 0.295 e. The number of nitrogens with zero attached hydrogens (tertiary/aromatic N) is 1. The molecule has 0 radical (unpaired) electrons. The van der Waals surface area contributed by atoms with E-state index in [1.54, 1.807) is 12.1 Å². The predicted octanol–water partition coefficient (Wildman–Crippen LogP) is 5.22. The summed E-state index contributed by atoms with van der Waals surface area (Å²) in [6, 6.07) is 11.7. The predicted molar refractivity (Wildman–Crippen MR) is 117 cm³/mol. The molecule has 1 fully saturated rings. The van der Waals surface area contributed by atoms with Gasteiger partial charge in [0.25, 0.3) is 11.7 Å². The zero-order chi connectivity index (χ0) is 22.5. The van der Waals surface area contributed by atoms with Crippen LogP contribution in [0.25, 0.3) is 5.76 Å². The highest BCUT2D eigenvalue weighted by atomic mass is 19.1. The van der Waals surface area contributed by atoms with Crippen LogP contribution in [0.2, 0.25) is 0 Å². The first-order valence-corrected chi connectivity index (χ1v) is 10.6. The average Bonchev–Trinajstić information content (AvgIpc) is 2.99. The van der Waals surface area contributed by atoms with E-state index in [0.717, 1.165) is 19.3 Å². The van der Waals surface area contributed by atoms with Gasteiger partial charge in [-0.25, -0.2) is 4.39 Å². The molecule has 2 aromatic rings. The Morgan fingerprint density at radius 3 is 2.48 bits per heavy atom. The standard InChI is InChI=1S/C25H28FNO4/c1-4-5-6-14-27-22(18-8-7-9-20(15-18)31-16(2)3)21(24(29)25(27)30)23(28)17-10-12-19(26)13-11-17/h7-13,15-16,22,28H,4-6,14H2,1-3H3/b23-21-. The Bertz CT molecular complexity index is 981. The van der Waals surface area contributed by atoms with Crippen molar-refractivity contribution in [2.45, 2.75) is 52.2 Å². The Balaban J connectivity index is 2.11. The molecule has 0 saturated carbocycles. The molecule has 164 valence electrons. The Kier molecular flexibility index (Phi) is 7.10. The van der Waals surface area contributed by atoms with Gasteiger partial charge in [0, 0.05) is 12.1 Å². The van der Waals surface area contributed by atoms with E-state index in [2.05, 4.69) is 6.92 Å². The summed E-state index contributed by atoms with van der Waals surface area (Å²) < 4.78 is 19.1. The van der Waals surface area contributed by atoms with E-state index in [-0.39, 0.29) is 23.0 Å². The van der Waals surface area contributed by atoms with Gasteiger partial charge in [0.1, 0.15) is 17.3 Å². The average molecular weight is 426 g/mol. The number of likely N-dealkylation sites (tertiary alicyclic amines) is 1. The maximum absolute atomic E-state index is 13.4. The van der Waals surface area contributed by atoms with Crippen LogP contribution in [0.15, 0.2) is 54.1 Å². The Morgan fingerprint density at radius 1 is 1.13 bits per heavy atom. The van der Waals surface area contributed by atoms with Gasteiger partial charge >= 0.3 is 0 Å². The van der Waals surface area contributed by atoms with E-state index in [1.165, 1.54) is 29.2 Å². The molecule has 1 N–H and O–H groups in total. The molecule has 1 aliphatic heterocycles. The number of aliphatic hydroxyl groups is 1. The van der Waals surface area contributed by atoms with E-state index in [4.69, 9.17) is 4.74 Å². The van der Waals surface area contributed by atoms with Gasteiger partial charge in [-0.3, -0.25) is 9.59 Å². The molecule has 1 heterocycles. The van der Waals surface area contributed by atoms with Gasteiger partial charge in [0.05, 0.1) is 17.7 Å². The lowest BCUT2D eigenvalue weighted by atomic mass is 9.95. The minimum absolute atomic E-state index is 0.00908. The molecule has 1 saturated heterocycles. The lowest BCUT2D eigenvalue weighted by Gasteiger charge is -2.26. The number of carbonyl (C=O) groups excluding carboxylic acids is 2. The van der Waals surface area contributed by atoms with Gasteiger partial charge in [0.15, 0.2) is 0 Å². The van der Waals surface area contributed by atoms with E-state index >= 15 is 0 Å². The summed E-state index contributed by atoms with van der Waals surface area (Å²) in [4.78, 5) is 27.4. The SMILES string of the molecule is CCCCCN1C(=O)C(=O)/C(=C(\O)c2ccc(F)cc2)C1c1cccc(OC(C)C)c1. The number of amides is 1. The molecule has 31 heavy (non-hydrogen) atoms. The molecule has 0 bridgehead atoms. The Labute approximate surface area is 182 Å². The number of ketones is 1. The molecule has 0 aliphatic carbocycles. The van der Waals surface area contributed by atoms with Crippen molar-refractivity contribution in [3.63, 3.8) is 0 Å². The summed E-state index contributed by atoms with van der Waals surface area (Å²) in [6.45, 7) is 6.29. The second-order valence-electron chi connectivity index (χ2n) is 7.95. The third-order valence-electron chi connectivity index (χ3n) is 5.21. The molecule has 1 amide bonds. The van der Waals surface area contributed by atoms with Crippen molar-refractivity contribution >= 4 is 17.4 Å². The minimum atomic E-state index is -0.738. The van der Waals surface area contributed by atoms with Crippen molar-refractivity contribution in [1.29, 1.82) is 0 Å². The molecule has 0 aromatic heterocycles. The summed E-state index contributed by atoms with van der Waals surface area (Å²) in [6.07, 6.45) is 2.61. The van der Waals surface area contributed by atoms with Crippen molar-refractivity contribution in [2.75, 3.05) is 6.54 Å². The highest BCUT2D eigenvalue weighted by molar-refractivity contribution is 6.46. The maximum atomic E-state index is 13.4. The zero-order valence-corrected chi connectivity index (χ0v) is 18.1. The van der Waals surface area contributed by atoms with Gasteiger partial charge in [-0.1, -0.05) is 31.9 Å². The number of benzene rings is 2. The number of carbonyl (C=O) groups is 2. The largest absolute Gasteiger partial charge is 0.507 e. The van der Waals surface area contributed by atoms with Crippen LogP contribution in [0.5, 0.6) is 5.75 Å². The highest BCUT2D eigenvalue weighted by Crippen LogP contribution is 2.40. The lowest BCUT2D eigenvalue weighted by molar-refractivity contribution is -0.139. The van der Waals surface area contributed by atoms with Gasteiger partial charge in [0.2, 0.25) is 0 Å². The molecule has 6 heteroatoms. The van der Waals surface area contributed by atoms with E-state index < -0.39 is 23.5 Å². The zero-order valence-electron chi connectivity index (χ0n) is 18.1. The normalized spacial score (nSPS) is 18.1. The van der Waals surface area contributed by atoms with Crippen LogP contribution in [0.3, 0.4) is 0 Å². The fraction of sp³-hybridized carbons (Fsp3) is 0.360. The van der Waals surface area contributed by atoms with Gasteiger partial charge in [-0.05, 0) is 62.2 Å². The number of hydrogen-bond donors (Lipinski definition) is 1. The Morgan fingerprint density at radius 2 is 1.84 bits per heavy atom. The number of rotatable bonds is 8. The molecule has 1 aliphatic rings. The highest BCUT2D eigenvalue weighted by Gasteiger charge is 2.45. The summed E-state index contributed by atoms with van der Waals surface area (Å²) in [5.74, 6) is -1.52. The molecule has 1 atom stereocenters. The van der Waals surface area contributed by atoms with Crippen molar-refractivity contribution in [1.82, 2.24) is 4.90 Å². The van der Waals surface area contributed by atoms with E-state index in [1.807, 2.05) is 26.0 Å². The van der Waals surface area contributed by atoms with E-state index in [9.17, 15) is 19.1 Å². The Hall–Kier alpha value is -3.15. The molecule has 0 spiro atoms. The molecule has 5 nitrogen and oxygen atoms in total. The summed E-state index contributed by atoms with van der Waals surface area (Å²) >= 11 is 0. The first-order valence-electron chi connectivity index (χ1n) is 10.6. The van der Waals surface area contributed by atoms with Gasteiger partial charge < -0.3 is 14.7 Å². The number of hydrogen-bond acceptors (Lipinski definition) is 4. The third-order valence-corrected chi connectivity index (χ3v) is 5.21. The second-order valence-corrected chi connectivity index (χ2v) is 7.95. The molecular weight excluding hydrogens is 397 g/mol. The first-order chi connectivity index (χ1) is 14.8. The van der Waals surface area contributed by atoms with Crippen LogP contribution in [0.4, 0.5) is 4.39 Å². The molecule has 1 unspecified atom stereocenters. The summed E-state index contributed by atoms with van der Waals surface area (Å²) in [5.41, 5.74) is 0.972. The number of Topliss-reactive ketones (excluding diaryl/α,β-unsaturated/α-hetero) is 1. The fourth-order valence-electron chi connectivity index (χ4n) is 3.78. The van der Waals surface area contributed by atoms with Crippen LogP contribution in [-0.4, -0.2) is 34.3 Å². The first kappa shape index (κ1) is 22.5. The van der Waals surface area contributed by atoms with Crippen molar-refractivity contribution < 1.29 is 23.8 Å².